The Balaban J connectivity index is 1.57. The lowest BCUT2D eigenvalue weighted by Crippen LogP contribution is -2.00. The highest BCUT2D eigenvalue weighted by molar-refractivity contribution is 7.36. The minimum atomic E-state index is -0.131. The van der Waals surface area contributed by atoms with Gasteiger partial charge in [0, 0.05) is 0 Å². The summed E-state index contributed by atoms with van der Waals surface area (Å²) in [6.45, 7) is 0. The van der Waals surface area contributed by atoms with Gasteiger partial charge in [0.05, 0.1) is 39.3 Å². The molecular formula is C20H6N2O2S5. The van der Waals surface area contributed by atoms with Crippen molar-refractivity contribution in [1.82, 2.24) is 9.97 Å². The summed E-state index contributed by atoms with van der Waals surface area (Å²) >= 11 is 7.83. The van der Waals surface area contributed by atoms with Crippen molar-refractivity contribution in [2.75, 3.05) is 0 Å². The maximum absolute atomic E-state index is 13.2. The molecule has 7 rings (SSSR count). The number of rotatable bonds is 2. The first kappa shape index (κ1) is 16.5. The minimum Gasteiger partial charge on any atom is -0.287 e. The van der Waals surface area contributed by atoms with E-state index in [1.807, 2.05) is 35.0 Å². The summed E-state index contributed by atoms with van der Waals surface area (Å²) in [6, 6.07) is 7.98. The van der Waals surface area contributed by atoms with Crippen LogP contribution in [0.3, 0.4) is 0 Å². The number of nitrogens with zero attached hydrogens (tertiary/aromatic N) is 2. The van der Waals surface area contributed by atoms with E-state index in [0.717, 1.165) is 38.6 Å². The van der Waals surface area contributed by atoms with Crippen LogP contribution in [-0.4, -0.2) is 9.97 Å². The number of hydrogen-bond acceptors (Lipinski definition) is 9. The van der Waals surface area contributed by atoms with Gasteiger partial charge in [0.2, 0.25) is 10.9 Å². The van der Waals surface area contributed by atoms with Gasteiger partial charge in [-0.1, -0.05) is 12.1 Å². The number of thiazole rings is 2. The first-order valence-corrected chi connectivity index (χ1v) is 12.8. The van der Waals surface area contributed by atoms with E-state index in [9.17, 15) is 9.59 Å². The van der Waals surface area contributed by atoms with Crippen molar-refractivity contribution >= 4 is 97.3 Å². The summed E-state index contributed by atoms with van der Waals surface area (Å²) in [5.74, 6) is 0. The first-order valence-electron chi connectivity index (χ1n) is 8.57. The van der Waals surface area contributed by atoms with Crippen LogP contribution in [0, 0.1) is 0 Å². The monoisotopic (exact) mass is 466 g/mol. The molecule has 0 amide bonds. The van der Waals surface area contributed by atoms with Crippen molar-refractivity contribution in [3.8, 4) is 19.8 Å². The highest BCUT2D eigenvalue weighted by Gasteiger charge is 2.27. The lowest BCUT2D eigenvalue weighted by molar-refractivity contribution is 1.49. The molecule has 0 aliphatic carbocycles. The van der Waals surface area contributed by atoms with E-state index in [4.69, 9.17) is 0 Å². The average Bonchev–Trinajstić information content (AvgIpc) is 3.54. The Bertz CT molecular complexity index is 1660. The summed E-state index contributed by atoms with van der Waals surface area (Å²) in [4.78, 5) is 37.6. The summed E-state index contributed by atoms with van der Waals surface area (Å²) < 4.78 is 3.57. The molecule has 0 atom stereocenters. The maximum Gasteiger partial charge on any atom is 0.215 e. The van der Waals surface area contributed by atoms with Crippen LogP contribution in [0.5, 0.6) is 0 Å². The lowest BCUT2D eigenvalue weighted by Gasteiger charge is -1.86. The molecule has 0 bridgehead atoms. The second-order valence-electron chi connectivity index (χ2n) is 6.52. The molecule has 0 saturated carbocycles. The lowest BCUT2D eigenvalue weighted by atomic mass is 10.3. The molecular weight excluding hydrogens is 461 g/mol. The number of hydrogen-bond donors (Lipinski definition) is 0. The van der Waals surface area contributed by atoms with Gasteiger partial charge < -0.3 is 0 Å². The molecule has 0 spiro atoms. The van der Waals surface area contributed by atoms with Gasteiger partial charge in [0.15, 0.2) is 0 Å². The second-order valence-corrected chi connectivity index (χ2v) is 11.4. The van der Waals surface area contributed by atoms with Crippen molar-refractivity contribution in [3.05, 3.63) is 55.5 Å². The third kappa shape index (κ3) is 2.06. The molecule has 0 unspecified atom stereocenters. The van der Waals surface area contributed by atoms with E-state index in [2.05, 4.69) is 9.97 Å². The summed E-state index contributed by atoms with van der Waals surface area (Å²) in [5, 5.41) is 6.80. The Kier molecular flexibility index (Phi) is 3.21. The summed E-state index contributed by atoms with van der Waals surface area (Å²) in [7, 11) is 0. The Morgan fingerprint density at radius 2 is 1.10 bits per heavy atom. The van der Waals surface area contributed by atoms with Gasteiger partial charge in [0.1, 0.15) is 21.0 Å². The van der Waals surface area contributed by atoms with Crippen molar-refractivity contribution in [1.29, 1.82) is 0 Å². The third-order valence-corrected chi connectivity index (χ3v) is 10.6. The van der Waals surface area contributed by atoms with E-state index in [0.29, 0.717) is 21.8 Å². The predicted molar refractivity (Wildman–Crippen MR) is 127 cm³/mol. The number of aromatic nitrogens is 2. The van der Waals surface area contributed by atoms with Crippen LogP contribution in [0.2, 0.25) is 0 Å². The third-order valence-electron chi connectivity index (χ3n) is 4.92. The second kappa shape index (κ2) is 5.65. The van der Waals surface area contributed by atoms with Crippen LogP contribution < -0.4 is 10.9 Å². The molecule has 0 fully saturated rings. The fraction of sp³-hybridized carbons (Fsp3) is 0. The van der Waals surface area contributed by atoms with Gasteiger partial charge in [-0.15, -0.1) is 56.7 Å². The van der Waals surface area contributed by atoms with Gasteiger partial charge in [-0.2, -0.15) is 0 Å². The van der Waals surface area contributed by atoms with E-state index in [1.54, 1.807) is 22.7 Å². The molecule has 0 aliphatic rings. The molecule has 0 aliphatic heterocycles. The molecule has 2 aromatic carbocycles. The highest BCUT2D eigenvalue weighted by atomic mass is 32.1. The fourth-order valence-electron chi connectivity index (χ4n) is 3.69. The van der Waals surface area contributed by atoms with Gasteiger partial charge >= 0.3 is 0 Å². The van der Waals surface area contributed by atoms with E-state index in [1.165, 1.54) is 34.0 Å². The van der Waals surface area contributed by atoms with Gasteiger partial charge in [-0.3, -0.25) is 9.59 Å². The van der Waals surface area contributed by atoms with Crippen LogP contribution in [0.25, 0.3) is 60.4 Å². The van der Waals surface area contributed by atoms with Crippen LogP contribution in [0.4, 0.5) is 0 Å². The Hall–Kier alpha value is -2.30. The standard InChI is InChI=1S/C20H6N2O2S5/c23-13-9-10-14(24)12-18(29-20(22-12)8-4-2-6-26-8)16(10)27-15(9)17-11(13)21-19(28-17)7-3-1-5-25-7/h1-6H. The number of fused-ring (bicyclic) bond motifs is 7. The van der Waals surface area contributed by atoms with Crippen molar-refractivity contribution < 1.29 is 0 Å². The zero-order chi connectivity index (χ0) is 19.3. The van der Waals surface area contributed by atoms with Gasteiger partial charge in [-0.25, -0.2) is 9.97 Å². The maximum atomic E-state index is 13.2. The molecule has 138 valence electrons. The zero-order valence-corrected chi connectivity index (χ0v) is 18.3. The fourth-order valence-corrected chi connectivity index (χ4v) is 8.98. The van der Waals surface area contributed by atoms with E-state index >= 15 is 0 Å². The molecule has 29 heavy (non-hydrogen) atoms. The molecule has 5 heterocycles. The topological polar surface area (TPSA) is 59.9 Å². The Morgan fingerprint density at radius 3 is 1.52 bits per heavy atom. The van der Waals surface area contributed by atoms with Crippen molar-refractivity contribution in [2.24, 2.45) is 0 Å². The van der Waals surface area contributed by atoms with Crippen molar-refractivity contribution in [2.45, 2.75) is 0 Å². The SMILES string of the molecule is O=c1c2nc(-c3cccs3)sc2c2sc3c4sc(-c5cccs5)nc4c(=O)c3c12. The minimum absolute atomic E-state index is 0.131. The largest absolute Gasteiger partial charge is 0.287 e. The normalized spacial score (nSPS) is 12.4. The van der Waals surface area contributed by atoms with Crippen LogP contribution in [0.1, 0.15) is 0 Å². The quantitative estimate of drug-likeness (QED) is 0.299. The molecule has 5 aromatic heterocycles. The van der Waals surface area contributed by atoms with Crippen molar-refractivity contribution in [3.63, 3.8) is 0 Å². The first-order chi connectivity index (χ1) is 14.2. The van der Waals surface area contributed by atoms with Gasteiger partial charge in [0.25, 0.3) is 0 Å². The van der Waals surface area contributed by atoms with Gasteiger partial charge in [-0.05, 0) is 22.9 Å². The molecule has 0 radical (unpaired) electrons. The molecule has 7 aromatic rings. The predicted octanol–water partition coefficient (Wildman–Crippen LogP) is 6.33. The average molecular weight is 467 g/mol. The van der Waals surface area contributed by atoms with E-state index < -0.39 is 0 Å². The Morgan fingerprint density at radius 1 is 0.621 bits per heavy atom. The highest BCUT2D eigenvalue weighted by Crippen LogP contribution is 2.46. The molecule has 4 nitrogen and oxygen atoms in total. The molecule has 0 N–H and O–H groups in total. The van der Waals surface area contributed by atoms with Crippen LogP contribution in [-0.2, 0) is 0 Å². The van der Waals surface area contributed by atoms with Crippen LogP contribution >= 0.6 is 56.7 Å². The smallest absolute Gasteiger partial charge is 0.215 e. The molecule has 0 saturated heterocycles. The summed E-state index contributed by atoms with van der Waals surface area (Å²) in [5.41, 5.74) is 0.706. The summed E-state index contributed by atoms with van der Waals surface area (Å²) in [6.07, 6.45) is 0. The zero-order valence-electron chi connectivity index (χ0n) is 14.2. The van der Waals surface area contributed by atoms with Crippen LogP contribution in [0.15, 0.2) is 44.6 Å². The van der Waals surface area contributed by atoms with E-state index in [-0.39, 0.29) is 10.9 Å². The molecule has 9 heteroatoms. The Labute approximate surface area is 181 Å². The number of thiophene rings is 3.